The van der Waals surface area contributed by atoms with Gasteiger partial charge in [0.2, 0.25) is 0 Å². The number of hydrogen-bond acceptors (Lipinski definition) is 2. The van der Waals surface area contributed by atoms with E-state index in [0.29, 0.717) is 17.9 Å². The van der Waals surface area contributed by atoms with Gasteiger partial charge in [0.1, 0.15) is 0 Å². The fourth-order valence-corrected chi connectivity index (χ4v) is 2.15. The van der Waals surface area contributed by atoms with E-state index < -0.39 is 0 Å². The van der Waals surface area contributed by atoms with Crippen molar-refractivity contribution in [3.8, 4) is 0 Å². The fraction of sp³-hybridized carbons (Fsp3) is 0.923. The maximum absolute atomic E-state index is 5.87. The molecule has 0 spiro atoms. The molecule has 0 unspecified atom stereocenters. The zero-order chi connectivity index (χ0) is 12.7. The maximum Gasteiger partial charge on any atom is 0.188 e. The van der Waals surface area contributed by atoms with Crippen LogP contribution in [0.1, 0.15) is 40.0 Å². The molecular weight excluding hydrogens is 212 g/mol. The lowest BCUT2D eigenvalue weighted by molar-refractivity contribution is 0.206. The number of rotatable bonds is 5. The average molecular weight is 240 g/mol. The highest BCUT2D eigenvalue weighted by molar-refractivity contribution is 5.78. The third-order valence-electron chi connectivity index (χ3n) is 3.11. The lowest BCUT2D eigenvalue weighted by atomic mass is 10.1. The minimum Gasteiger partial charge on any atom is -0.370 e. The van der Waals surface area contributed by atoms with Gasteiger partial charge in [-0.25, -0.2) is 0 Å². The Morgan fingerprint density at radius 1 is 1.41 bits per heavy atom. The van der Waals surface area contributed by atoms with Crippen LogP contribution in [0.4, 0.5) is 0 Å². The molecule has 0 radical (unpaired) electrons. The van der Waals surface area contributed by atoms with Crippen molar-refractivity contribution in [3.63, 3.8) is 0 Å². The van der Waals surface area contributed by atoms with Gasteiger partial charge in [-0.15, -0.1) is 0 Å². The van der Waals surface area contributed by atoms with Crippen LogP contribution in [0.15, 0.2) is 4.99 Å². The molecule has 1 fully saturated rings. The number of guanidine groups is 1. The predicted octanol–water partition coefficient (Wildman–Crippen LogP) is 1.42. The molecule has 1 saturated heterocycles. The first-order chi connectivity index (χ1) is 8.11. The lowest BCUT2D eigenvalue weighted by Crippen LogP contribution is -2.47. The average Bonchev–Trinajstić information content (AvgIpc) is 2.29. The maximum atomic E-state index is 5.87. The third-order valence-corrected chi connectivity index (χ3v) is 3.11. The van der Waals surface area contributed by atoms with Crippen LogP contribution in [0.5, 0.6) is 0 Å². The van der Waals surface area contributed by atoms with E-state index in [0.717, 1.165) is 6.54 Å². The monoisotopic (exact) mass is 240 g/mol. The van der Waals surface area contributed by atoms with E-state index in [1.54, 1.807) is 0 Å². The Bertz CT molecular complexity index is 230. The molecule has 1 aliphatic heterocycles. The molecule has 17 heavy (non-hydrogen) atoms. The Labute approximate surface area is 106 Å². The number of aliphatic imine (C=N–C) groups is 1. The SMILES string of the molecule is CCCN1CCC(NC(N)=NCC(C)C)CC1. The van der Waals surface area contributed by atoms with Gasteiger partial charge in [-0.3, -0.25) is 4.99 Å². The number of likely N-dealkylation sites (tertiary alicyclic amines) is 1. The second-order valence-corrected chi connectivity index (χ2v) is 5.38. The molecule has 0 aliphatic carbocycles. The molecule has 1 heterocycles. The van der Waals surface area contributed by atoms with Crippen LogP contribution >= 0.6 is 0 Å². The highest BCUT2D eigenvalue weighted by Crippen LogP contribution is 2.10. The first kappa shape index (κ1) is 14.3. The Morgan fingerprint density at radius 2 is 2.06 bits per heavy atom. The Hall–Kier alpha value is -0.770. The number of piperidine rings is 1. The summed E-state index contributed by atoms with van der Waals surface area (Å²) in [6, 6.07) is 0.513. The van der Waals surface area contributed by atoms with E-state index >= 15 is 0 Å². The van der Waals surface area contributed by atoms with Gasteiger partial charge in [-0.05, 0) is 31.7 Å². The molecule has 0 amide bonds. The lowest BCUT2D eigenvalue weighted by Gasteiger charge is -2.32. The van der Waals surface area contributed by atoms with Crippen molar-refractivity contribution in [3.05, 3.63) is 0 Å². The smallest absolute Gasteiger partial charge is 0.188 e. The third kappa shape index (κ3) is 5.91. The first-order valence-corrected chi connectivity index (χ1v) is 6.90. The summed E-state index contributed by atoms with van der Waals surface area (Å²) < 4.78 is 0. The van der Waals surface area contributed by atoms with Gasteiger partial charge in [0.15, 0.2) is 5.96 Å². The largest absolute Gasteiger partial charge is 0.370 e. The van der Waals surface area contributed by atoms with Crippen LogP contribution < -0.4 is 11.1 Å². The quantitative estimate of drug-likeness (QED) is 0.564. The second-order valence-electron chi connectivity index (χ2n) is 5.38. The van der Waals surface area contributed by atoms with Crippen LogP contribution in [0.2, 0.25) is 0 Å². The van der Waals surface area contributed by atoms with Crippen molar-refractivity contribution < 1.29 is 0 Å². The minimum atomic E-state index is 0.513. The van der Waals surface area contributed by atoms with E-state index in [1.807, 2.05) is 0 Å². The Kier molecular flexibility index (Phi) is 6.34. The zero-order valence-electron chi connectivity index (χ0n) is 11.6. The van der Waals surface area contributed by atoms with E-state index in [2.05, 4.69) is 36.0 Å². The summed E-state index contributed by atoms with van der Waals surface area (Å²) in [5, 5.41) is 3.34. The predicted molar refractivity (Wildman–Crippen MR) is 74.2 cm³/mol. The normalized spacial score (nSPS) is 19.9. The van der Waals surface area contributed by atoms with Gasteiger partial charge >= 0.3 is 0 Å². The molecule has 0 saturated carbocycles. The van der Waals surface area contributed by atoms with Crippen molar-refractivity contribution >= 4 is 5.96 Å². The Morgan fingerprint density at radius 3 is 2.59 bits per heavy atom. The summed E-state index contributed by atoms with van der Waals surface area (Å²) >= 11 is 0. The summed E-state index contributed by atoms with van der Waals surface area (Å²) in [6.45, 7) is 10.9. The number of nitrogens with two attached hydrogens (primary N) is 1. The van der Waals surface area contributed by atoms with Gasteiger partial charge < -0.3 is 16.0 Å². The van der Waals surface area contributed by atoms with E-state index in [4.69, 9.17) is 5.73 Å². The van der Waals surface area contributed by atoms with Crippen molar-refractivity contribution in [2.24, 2.45) is 16.6 Å². The fourth-order valence-electron chi connectivity index (χ4n) is 2.15. The van der Waals surface area contributed by atoms with Crippen molar-refractivity contribution in [2.45, 2.75) is 46.1 Å². The molecule has 100 valence electrons. The highest BCUT2D eigenvalue weighted by Gasteiger charge is 2.18. The molecular formula is C13H28N4. The van der Waals surface area contributed by atoms with Crippen LogP contribution in [-0.4, -0.2) is 43.1 Å². The van der Waals surface area contributed by atoms with Crippen LogP contribution in [-0.2, 0) is 0 Å². The standard InChI is InChI=1S/C13H28N4/c1-4-7-17-8-5-12(6-9-17)16-13(14)15-10-11(2)3/h11-12H,4-10H2,1-3H3,(H3,14,15,16). The second kappa shape index (κ2) is 7.54. The van der Waals surface area contributed by atoms with Gasteiger partial charge in [0.25, 0.3) is 0 Å². The molecule has 0 bridgehead atoms. The van der Waals surface area contributed by atoms with Crippen molar-refractivity contribution in [2.75, 3.05) is 26.2 Å². The summed E-state index contributed by atoms with van der Waals surface area (Å²) in [5.41, 5.74) is 5.87. The van der Waals surface area contributed by atoms with E-state index in [-0.39, 0.29) is 0 Å². The van der Waals surface area contributed by atoms with Crippen molar-refractivity contribution in [1.82, 2.24) is 10.2 Å². The zero-order valence-corrected chi connectivity index (χ0v) is 11.6. The molecule has 0 aromatic carbocycles. The van der Waals surface area contributed by atoms with Crippen molar-refractivity contribution in [1.29, 1.82) is 0 Å². The Balaban J connectivity index is 2.23. The van der Waals surface area contributed by atoms with Gasteiger partial charge in [0.05, 0.1) is 0 Å². The van der Waals surface area contributed by atoms with Gasteiger partial charge in [-0.2, -0.15) is 0 Å². The molecule has 0 aromatic rings. The molecule has 4 nitrogen and oxygen atoms in total. The minimum absolute atomic E-state index is 0.513. The highest BCUT2D eigenvalue weighted by atomic mass is 15.2. The van der Waals surface area contributed by atoms with Crippen LogP contribution in [0.25, 0.3) is 0 Å². The van der Waals surface area contributed by atoms with Gasteiger partial charge in [0, 0.05) is 25.7 Å². The summed E-state index contributed by atoms with van der Waals surface area (Å²) in [6.07, 6.45) is 3.60. The summed E-state index contributed by atoms with van der Waals surface area (Å²) in [7, 11) is 0. The molecule has 4 heteroatoms. The van der Waals surface area contributed by atoms with Gasteiger partial charge in [-0.1, -0.05) is 20.8 Å². The van der Waals surface area contributed by atoms with E-state index in [9.17, 15) is 0 Å². The number of hydrogen-bond donors (Lipinski definition) is 2. The first-order valence-electron chi connectivity index (χ1n) is 6.90. The van der Waals surface area contributed by atoms with E-state index in [1.165, 1.54) is 38.9 Å². The molecule has 1 aliphatic rings. The molecule has 1 rings (SSSR count). The number of nitrogens with zero attached hydrogens (tertiary/aromatic N) is 2. The summed E-state index contributed by atoms with van der Waals surface area (Å²) in [5.74, 6) is 1.19. The van der Waals surface area contributed by atoms with Crippen LogP contribution in [0.3, 0.4) is 0 Å². The molecule has 0 atom stereocenters. The molecule has 3 N–H and O–H groups in total. The van der Waals surface area contributed by atoms with Crippen LogP contribution in [0, 0.1) is 5.92 Å². The topological polar surface area (TPSA) is 53.6 Å². The number of nitrogens with one attached hydrogen (secondary N) is 1. The summed E-state index contributed by atoms with van der Waals surface area (Å²) in [4.78, 5) is 6.87. The molecule has 0 aromatic heterocycles.